The van der Waals surface area contributed by atoms with Crippen molar-refractivity contribution < 1.29 is 4.79 Å². The van der Waals surface area contributed by atoms with Gasteiger partial charge in [-0.2, -0.15) is 0 Å². The first kappa shape index (κ1) is 11.9. The van der Waals surface area contributed by atoms with Crippen LogP contribution in [0.2, 0.25) is 0 Å². The first-order chi connectivity index (χ1) is 7.66. The van der Waals surface area contributed by atoms with Gasteiger partial charge in [-0.15, -0.1) is 0 Å². The third-order valence-corrected chi connectivity index (χ3v) is 4.05. The second kappa shape index (κ2) is 5.15. The highest BCUT2D eigenvalue weighted by atomic mass is 16.1. The average Bonchev–Trinajstić information content (AvgIpc) is 2.84. The fourth-order valence-electron chi connectivity index (χ4n) is 3.27. The van der Waals surface area contributed by atoms with Crippen LogP contribution >= 0.6 is 0 Å². The Morgan fingerprint density at radius 1 is 1.12 bits per heavy atom. The molecule has 92 valence electrons. The zero-order valence-corrected chi connectivity index (χ0v) is 9.90. The van der Waals surface area contributed by atoms with E-state index in [4.69, 9.17) is 11.5 Å². The van der Waals surface area contributed by atoms with Gasteiger partial charge in [0.25, 0.3) is 0 Å². The standard InChI is InChI=1S/C12H23N3O/c13-9-5-6-11(7-9)15(8-12(14)16)10-3-1-2-4-10/h9-11H,1-8,13H2,(H2,14,16). The number of hydrogen-bond donors (Lipinski definition) is 2. The molecule has 2 unspecified atom stereocenters. The zero-order valence-electron chi connectivity index (χ0n) is 9.90. The lowest BCUT2D eigenvalue weighted by atomic mass is 10.1. The van der Waals surface area contributed by atoms with Crippen LogP contribution in [0.1, 0.15) is 44.9 Å². The van der Waals surface area contributed by atoms with Crippen LogP contribution in [-0.4, -0.2) is 35.5 Å². The van der Waals surface area contributed by atoms with E-state index in [1.54, 1.807) is 0 Å². The molecular weight excluding hydrogens is 202 g/mol. The Bertz CT molecular complexity index is 251. The summed E-state index contributed by atoms with van der Waals surface area (Å²) in [6.07, 6.45) is 8.27. The third kappa shape index (κ3) is 2.74. The van der Waals surface area contributed by atoms with Crippen molar-refractivity contribution in [1.29, 1.82) is 0 Å². The van der Waals surface area contributed by atoms with Gasteiger partial charge in [0.1, 0.15) is 0 Å². The molecule has 0 aromatic rings. The molecule has 4 heteroatoms. The van der Waals surface area contributed by atoms with Crippen molar-refractivity contribution in [3.8, 4) is 0 Å². The molecule has 0 heterocycles. The molecule has 16 heavy (non-hydrogen) atoms. The van der Waals surface area contributed by atoms with E-state index in [0.29, 0.717) is 24.7 Å². The number of nitrogens with zero attached hydrogens (tertiary/aromatic N) is 1. The summed E-state index contributed by atoms with van der Waals surface area (Å²) in [5.41, 5.74) is 11.3. The monoisotopic (exact) mass is 225 g/mol. The lowest BCUT2D eigenvalue weighted by Crippen LogP contribution is -2.46. The molecule has 0 saturated heterocycles. The quantitative estimate of drug-likeness (QED) is 0.735. The summed E-state index contributed by atoms with van der Waals surface area (Å²) in [4.78, 5) is 13.5. The second-order valence-electron chi connectivity index (χ2n) is 5.30. The summed E-state index contributed by atoms with van der Waals surface area (Å²) >= 11 is 0. The van der Waals surface area contributed by atoms with E-state index in [1.165, 1.54) is 25.7 Å². The lowest BCUT2D eigenvalue weighted by Gasteiger charge is -2.33. The number of hydrogen-bond acceptors (Lipinski definition) is 3. The summed E-state index contributed by atoms with van der Waals surface area (Å²) in [5, 5.41) is 0. The highest BCUT2D eigenvalue weighted by Crippen LogP contribution is 2.30. The maximum Gasteiger partial charge on any atom is 0.231 e. The molecule has 2 rings (SSSR count). The van der Waals surface area contributed by atoms with Gasteiger partial charge in [-0.25, -0.2) is 0 Å². The van der Waals surface area contributed by atoms with Crippen LogP contribution in [0.5, 0.6) is 0 Å². The summed E-state index contributed by atoms with van der Waals surface area (Å²) in [6.45, 7) is 0.419. The number of carbonyl (C=O) groups excluding carboxylic acids is 1. The van der Waals surface area contributed by atoms with Crippen LogP contribution in [-0.2, 0) is 4.79 Å². The molecule has 0 aromatic heterocycles. The molecule has 2 fully saturated rings. The zero-order chi connectivity index (χ0) is 11.5. The fraction of sp³-hybridized carbons (Fsp3) is 0.917. The average molecular weight is 225 g/mol. The first-order valence-electron chi connectivity index (χ1n) is 6.46. The topological polar surface area (TPSA) is 72.4 Å². The molecule has 2 saturated carbocycles. The van der Waals surface area contributed by atoms with E-state index in [1.807, 2.05) is 0 Å². The number of amides is 1. The highest BCUT2D eigenvalue weighted by Gasteiger charge is 2.33. The Morgan fingerprint density at radius 3 is 2.31 bits per heavy atom. The van der Waals surface area contributed by atoms with Gasteiger partial charge in [0.15, 0.2) is 0 Å². The van der Waals surface area contributed by atoms with E-state index in [2.05, 4.69) is 4.90 Å². The maximum atomic E-state index is 11.2. The molecule has 0 spiro atoms. The second-order valence-corrected chi connectivity index (χ2v) is 5.30. The van der Waals surface area contributed by atoms with Gasteiger partial charge in [0.05, 0.1) is 6.54 Å². The van der Waals surface area contributed by atoms with Crippen molar-refractivity contribution in [2.45, 2.75) is 63.1 Å². The summed E-state index contributed by atoms with van der Waals surface area (Å²) in [7, 11) is 0. The summed E-state index contributed by atoms with van der Waals surface area (Å²) in [6, 6.07) is 1.38. The van der Waals surface area contributed by atoms with E-state index < -0.39 is 0 Å². The van der Waals surface area contributed by atoms with Crippen LogP contribution < -0.4 is 11.5 Å². The highest BCUT2D eigenvalue weighted by molar-refractivity contribution is 5.76. The van der Waals surface area contributed by atoms with Crippen molar-refractivity contribution in [3.63, 3.8) is 0 Å². The molecule has 2 atom stereocenters. The molecule has 4 nitrogen and oxygen atoms in total. The van der Waals surface area contributed by atoms with Gasteiger partial charge >= 0.3 is 0 Å². The molecule has 0 aromatic carbocycles. The third-order valence-electron chi connectivity index (χ3n) is 4.05. The van der Waals surface area contributed by atoms with Crippen molar-refractivity contribution in [2.75, 3.05) is 6.54 Å². The molecule has 0 bridgehead atoms. The Kier molecular flexibility index (Phi) is 3.82. The van der Waals surface area contributed by atoms with Crippen molar-refractivity contribution in [2.24, 2.45) is 11.5 Å². The minimum atomic E-state index is -0.202. The van der Waals surface area contributed by atoms with E-state index in [9.17, 15) is 4.79 Å². The molecule has 2 aliphatic rings. The predicted molar refractivity (Wildman–Crippen MR) is 63.8 cm³/mol. The smallest absolute Gasteiger partial charge is 0.231 e. The van der Waals surface area contributed by atoms with Gasteiger partial charge in [-0.3, -0.25) is 9.69 Å². The van der Waals surface area contributed by atoms with Crippen LogP contribution in [0.15, 0.2) is 0 Å². The van der Waals surface area contributed by atoms with E-state index in [0.717, 1.165) is 19.3 Å². The Morgan fingerprint density at radius 2 is 1.81 bits per heavy atom. The molecule has 4 N–H and O–H groups in total. The minimum Gasteiger partial charge on any atom is -0.369 e. The van der Waals surface area contributed by atoms with Crippen LogP contribution in [0.3, 0.4) is 0 Å². The van der Waals surface area contributed by atoms with Gasteiger partial charge in [-0.05, 0) is 32.1 Å². The Hall–Kier alpha value is -0.610. The van der Waals surface area contributed by atoms with Crippen molar-refractivity contribution in [1.82, 2.24) is 4.90 Å². The SMILES string of the molecule is NC(=O)CN(C1CCCC1)C1CCC(N)C1. The molecule has 0 radical (unpaired) electrons. The van der Waals surface area contributed by atoms with Gasteiger partial charge in [0, 0.05) is 18.1 Å². The lowest BCUT2D eigenvalue weighted by molar-refractivity contribution is -0.120. The van der Waals surface area contributed by atoms with Crippen LogP contribution in [0.4, 0.5) is 0 Å². The number of carbonyl (C=O) groups is 1. The van der Waals surface area contributed by atoms with Gasteiger partial charge < -0.3 is 11.5 Å². The summed E-state index contributed by atoms with van der Waals surface area (Å²) < 4.78 is 0. The minimum absolute atomic E-state index is 0.202. The van der Waals surface area contributed by atoms with E-state index >= 15 is 0 Å². The summed E-state index contributed by atoms with van der Waals surface area (Å²) in [5.74, 6) is -0.202. The predicted octanol–water partition coefficient (Wildman–Crippen LogP) is 0.596. The molecule has 0 aliphatic heterocycles. The van der Waals surface area contributed by atoms with Crippen LogP contribution in [0.25, 0.3) is 0 Å². The van der Waals surface area contributed by atoms with E-state index in [-0.39, 0.29) is 5.91 Å². The Labute approximate surface area is 97.3 Å². The number of rotatable bonds is 4. The normalized spacial score (nSPS) is 31.4. The Balaban J connectivity index is 1.98. The fourth-order valence-corrected chi connectivity index (χ4v) is 3.27. The van der Waals surface area contributed by atoms with Crippen molar-refractivity contribution >= 4 is 5.91 Å². The van der Waals surface area contributed by atoms with Crippen molar-refractivity contribution in [3.05, 3.63) is 0 Å². The van der Waals surface area contributed by atoms with Crippen LogP contribution in [0, 0.1) is 0 Å². The molecule has 2 aliphatic carbocycles. The number of primary amides is 1. The number of nitrogens with two attached hydrogens (primary N) is 2. The van der Waals surface area contributed by atoms with Gasteiger partial charge in [0.2, 0.25) is 5.91 Å². The molecule has 1 amide bonds. The van der Waals surface area contributed by atoms with Gasteiger partial charge in [-0.1, -0.05) is 12.8 Å². The molecular formula is C12H23N3O. The maximum absolute atomic E-state index is 11.2. The largest absolute Gasteiger partial charge is 0.369 e. The first-order valence-corrected chi connectivity index (χ1v) is 6.46.